The molecule has 0 aromatic heterocycles. The normalized spacial score (nSPS) is 12.4. The van der Waals surface area contributed by atoms with Gasteiger partial charge in [-0.3, -0.25) is 14.9 Å². The van der Waals surface area contributed by atoms with Crippen LogP contribution in [0.2, 0.25) is 0 Å². The molecule has 9 heteroatoms. The molecule has 0 spiro atoms. The Labute approximate surface area is 159 Å². The van der Waals surface area contributed by atoms with Crippen molar-refractivity contribution in [2.45, 2.75) is 0 Å². The lowest BCUT2D eigenvalue weighted by atomic mass is 10.2. The van der Waals surface area contributed by atoms with Crippen LogP contribution in [0.1, 0.15) is 5.56 Å². The van der Waals surface area contributed by atoms with Crippen LogP contribution in [0, 0.1) is 10.1 Å². The fourth-order valence-electron chi connectivity index (χ4n) is 2.44. The second-order valence-corrected chi connectivity index (χ2v) is 5.67. The van der Waals surface area contributed by atoms with Crippen molar-refractivity contribution in [3.63, 3.8) is 0 Å². The van der Waals surface area contributed by atoms with Crippen molar-refractivity contribution in [1.82, 2.24) is 0 Å². The zero-order valence-corrected chi connectivity index (χ0v) is 14.6. The number of nitro groups is 1. The molecule has 0 unspecified atom stereocenters. The predicted molar refractivity (Wildman–Crippen MR) is 99.2 cm³/mol. The van der Waals surface area contributed by atoms with Gasteiger partial charge in [-0.05, 0) is 29.8 Å². The second-order valence-electron chi connectivity index (χ2n) is 5.67. The summed E-state index contributed by atoms with van der Waals surface area (Å²) in [6, 6.07) is 10.9. The zero-order chi connectivity index (χ0) is 19.9. The molecule has 3 rings (SSSR count). The first-order valence-electron chi connectivity index (χ1n) is 8.31. The van der Waals surface area contributed by atoms with E-state index in [-0.39, 0.29) is 11.4 Å². The standard InChI is InChI=1S/C19H16N2O7/c22-18(20-14-3-1-2-4-15(14)21(24)25)12-28-19(23)8-6-13-5-7-16-17(11-13)27-10-9-26-16/h1-8,11H,9-10,12H2,(H,20,22)/b8-6+. The van der Waals surface area contributed by atoms with Crippen LogP contribution in [-0.2, 0) is 14.3 Å². The molecule has 1 N–H and O–H groups in total. The average Bonchev–Trinajstić information content (AvgIpc) is 2.70. The Morgan fingerprint density at radius 2 is 1.89 bits per heavy atom. The van der Waals surface area contributed by atoms with Crippen LogP contribution in [0.25, 0.3) is 6.08 Å². The van der Waals surface area contributed by atoms with E-state index in [9.17, 15) is 19.7 Å². The summed E-state index contributed by atoms with van der Waals surface area (Å²) in [5.41, 5.74) is 0.478. The lowest BCUT2D eigenvalue weighted by Crippen LogP contribution is -2.20. The van der Waals surface area contributed by atoms with Crippen molar-refractivity contribution in [2.75, 3.05) is 25.1 Å². The second kappa shape index (κ2) is 8.67. The van der Waals surface area contributed by atoms with E-state index in [0.717, 1.165) is 0 Å². The summed E-state index contributed by atoms with van der Waals surface area (Å²) < 4.78 is 15.7. The highest BCUT2D eigenvalue weighted by Gasteiger charge is 2.15. The van der Waals surface area contributed by atoms with Gasteiger partial charge in [-0.25, -0.2) is 4.79 Å². The van der Waals surface area contributed by atoms with Crippen LogP contribution in [0.4, 0.5) is 11.4 Å². The minimum absolute atomic E-state index is 0.0281. The number of nitrogens with one attached hydrogen (secondary N) is 1. The van der Waals surface area contributed by atoms with Gasteiger partial charge in [0.2, 0.25) is 0 Å². The number of carbonyl (C=O) groups excluding carboxylic acids is 2. The maximum absolute atomic E-state index is 11.9. The van der Waals surface area contributed by atoms with E-state index in [1.54, 1.807) is 24.3 Å². The number of ether oxygens (including phenoxy) is 3. The molecule has 1 aliphatic heterocycles. The van der Waals surface area contributed by atoms with Gasteiger partial charge in [0.25, 0.3) is 11.6 Å². The first-order chi connectivity index (χ1) is 13.5. The molecule has 0 aliphatic carbocycles. The van der Waals surface area contributed by atoms with Crippen LogP contribution in [-0.4, -0.2) is 36.6 Å². The molecule has 0 fully saturated rings. The van der Waals surface area contributed by atoms with Crippen molar-refractivity contribution in [1.29, 1.82) is 0 Å². The molecule has 0 saturated carbocycles. The molecular formula is C19H16N2O7. The summed E-state index contributed by atoms with van der Waals surface area (Å²) in [4.78, 5) is 34.0. The van der Waals surface area contributed by atoms with Gasteiger partial charge in [0, 0.05) is 12.1 Å². The smallest absolute Gasteiger partial charge is 0.331 e. The molecule has 0 bridgehead atoms. The molecule has 0 radical (unpaired) electrons. The van der Waals surface area contributed by atoms with E-state index in [1.807, 2.05) is 0 Å². The maximum atomic E-state index is 11.9. The highest BCUT2D eigenvalue weighted by Crippen LogP contribution is 2.31. The van der Waals surface area contributed by atoms with E-state index < -0.39 is 23.4 Å². The van der Waals surface area contributed by atoms with Gasteiger partial charge in [0.15, 0.2) is 18.1 Å². The first-order valence-corrected chi connectivity index (χ1v) is 8.31. The predicted octanol–water partition coefficient (Wildman–Crippen LogP) is 2.56. The van der Waals surface area contributed by atoms with Crippen LogP contribution in [0.3, 0.4) is 0 Å². The minimum atomic E-state index is -0.729. The van der Waals surface area contributed by atoms with Crippen molar-refractivity contribution in [2.24, 2.45) is 0 Å². The Kier molecular flexibility index (Phi) is 5.85. The third kappa shape index (κ3) is 4.85. The highest BCUT2D eigenvalue weighted by atomic mass is 16.6. The Morgan fingerprint density at radius 3 is 2.68 bits per heavy atom. The molecule has 1 aliphatic rings. The van der Waals surface area contributed by atoms with Crippen LogP contribution in [0.15, 0.2) is 48.5 Å². The summed E-state index contributed by atoms with van der Waals surface area (Å²) in [6.07, 6.45) is 2.68. The fraction of sp³-hybridized carbons (Fsp3) is 0.158. The Balaban J connectivity index is 1.52. The molecular weight excluding hydrogens is 368 g/mol. The van der Waals surface area contributed by atoms with Crippen molar-refractivity contribution < 1.29 is 28.7 Å². The SMILES string of the molecule is O=C(COC(=O)/C=C/c1ccc2c(c1)OCCO2)Nc1ccccc1[N+](=O)[O-]. The Morgan fingerprint density at radius 1 is 1.14 bits per heavy atom. The third-order valence-corrected chi connectivity index (χ3v) is 3.70. The average molecular weight is 384 g/mol. The van der Waals surface area contributed by atoms with E-state index in [0.29, 0.717) is 30.3 Å². The van der Waals surface area contributed by atoms with Crippen LogP contribution < -0.4 is 14.8 Å². The molecule has 1 heterocycles. The lowest BCUT2D eigenvalue weighted by molar-refractivity contribution is -0.383. The first kappa shape index (κ1) is 18.9. The largest absolute Gasteiger partial charge is 0.486 e. The van der Waals surface area contributed by atoms with Gasteiger partial charge in [0.1, 0.15) is 18.9 Å². The topological polar surface area (TPSA) is 117 Å². The monoisotopic (exact) mass is 384 g/mol. The Bertz CT molecular complexity index is 940. The number of amides is 1. The molecule has 0 atom stereocenters. The number of esters is 1. The Hall–Kier alpha value is -3.88. The van der Waals surface area contributed by atoms with Crippen molar-refractivity contribution in [3.8, 4) is 11.5 Å². The van der Waals surface area contributed by atoms with Crippen molar-refractivity contribution in [3.05, 3.63) is 64.2 Å². The molecule has 144 valence electrons. The van der Waals surface area contributed by atoms with Gasteiger partial charge in [0.05, 0.1) is 4.92 Å². The number of anilines is 1. The molecule has 9 nitrogen and oxygen atoms in total. The lowest BCUT2D eigenvalue weighted by Gasteiger charge is -2.18. The summed E-state index contributed by atoms with van der Waals surface area (Å²) in [6.45, 7) is 0.371. The number of benzene rings is 2. The summed E-state index contributed by atoms with van der Waals surface area (Å²) in [5, 5.41) is 13.3. The number of hydrogen-bond donors (Lipinski definition) is 1. The number of para-hydroxylation sites is 2. The zero-order valence-electron chi connectivity index (χ0n) is 14.6. The summed E-state index contributed by atoms with van der Waals surface area (Å²) in [5.74, 6) is -0.189. The molecule has 2 aromatic rings. The van der Waals surface area contributed by atoms with E-state index in [2.05, 4.69) is 5.32 Å². The summed E-state index contributed by atoms with van der Waals surface area (Å²) in [7, 11) is 0. The van der Waals surface area contributed by atoms with Crippen molar-refractivity contribution >= 4 is 29.3 Å². The van der Waals surface area contributed by atoms with Gasteiger partial charge >= 0.3 is 5.97 Å². The molecule has 0 saturated heterocycles. The van der Waals surface area contributed by atoms with E-state index >= 15 is 0 Å². The van der Waals surface area contributed by atoms with Crippen LogP contribution in [0.5, 0.6) is 11.5 Å². The van der Waals surface area contributed by atoms with Gasteiger partial charge in [-0.2, -0.15) is 0 Å². The number of rotatable bonds is 6. The maximum Gasteiger partial charge on any atom is 0.331 e. The molecule has 2 aromatic carbocycles. The van der Waals surface area contributed by atoms with E-state index in [4.69, 9.17) is 14.2 Å². The van der Waals surface area contributed by atoms with E-state index in [1.165, 1.54) is 30.4 Å². The number of carbonyl (C=O) groups is 2. The number of fused-ring (bicyclic) bond motifs is 1. The van der Waals surface area contributed by atoms with Gasteiger partial charge in [-0.15, -0.1) is 0 Å². The number of nitrogens with zero attached hydrogens (tertiary/aromatic N) is 1. The number of hydrogen-bond acceptors (Lipinski definition) is 7. The minimum Gasteiger partial charge on any atom is -0.486 e. The van der Waals surface area contributed by atoms with Crippen LogP contribution >= 0.6 is 0 Å². The van der Waals surface area contributed by atoms with Gasteiger partial charge in [-0.1, -0.05) is 18.2 Å². The summed E-state index contributed by atoms with van der Waals surface area (Å²) >= 11 is 0. The quantitative estimate of drug-likeness (QED) is 0.352. The third-order valence-electron chi connectivity index (χ3n) is 3.70. The van der Waals surface area contributed by atoms with Gasteiger partial charge < -0.3 is 19.5 Å². The number of nitro benzene ring substituents is 1. The fourth-order valence-corrected chi connectivity index (χ4v) is 2.44. The molecule has 1 amide bonds. The molecule has 28 heavy (non-hydrogen) atoms. The highest BCUT2D eigenvalue weighted by molar-refractivity contribution is 5.96.